The lowest BCUT2D eigenvalue weighted by Crippen LogP contribution is -2.45. The van der Waals surface area contributed by atoms with Crippen LogP contribution in [0.1, 0.15) is 38.5 Å². The topological polar surface area (TPSA) is 38.0 Å². The van der Waals surface area contributed by atoms with E-state index in [1.807, 2.05) is 6.07 Å². The van der Waals surface area contributed by atoms with Crippen LogP contribution in [0.25, 0.3) is 0 Å². The van der Waals surface area contributed by atoms with Crippen LogP contribution in [0.2, 0.25) is 0 Å². The van der Waals surface area contributed by atoms with Crippen LogP contribution in [0.3, 0.4) is 0 Å². The van der Waals surface area contributed by atoms with Gasteiger partial charge < -0.3 is 11.1 Å². The summed E-state index contributed by atoms with van der Waals surface area (Å²) in [5.41, 5.74) is 6.74. The maximum atomic E-state index is 13.2. The Morgan fingerprint density at radius 1 is 1.18 bits per heavy atom. The minimum Gasteiger partial charge on any atom is -0.378 e. The number of hydrogen-bond acceptors (Lipinski definition) is 2. The maximum Gasteiger partial charge on any atom is 0.125 e. The lowest BCUT2D eigenvalue weighted by atomic mass is 9.90. The Bertz CT molecular complexity index is 357. The molecule has 0 aromatic heterocycles. The number of rotatable bonds is 3. The summed E-state index contributed by atoms with van der Waals surface area (Å²) in [6.45, 7) is 0.615. The SMILES string of the molecule is NCC1(Nc2cccc(F)c2)CCCCCC1. The molecule has 1 aliphatic rings. The van der Waals surface area contributed by atoms with E-state index in [0.29, 0.717) is 6.54 Å². The summed E-state index contributed by atoms with van der Waals surface area (Å²) in [6.07, 6.45) is 7.15. The van der Waals surface area contributed by atoms with E-state index >= 15 is 0 Å². The van der Waals surface area contributed by atoms with Crippen molar-refractivity contribution < 1.29 is 4.39 Å². The Kier molecular flexibility index (Phi) is 4.00. The van der Waals surface area contributed by atoms with Gasteiger partial charge in [-0.05, 0) is 31.0 Å². The molecule has 2 rings (SSSR count). The third-order valence-corrected chi connectivity index (χ3v) is 3.69. The number of nitrogens with one attached hydrogen (secondary N) is 1. The van der Waals surface area contributed by atoms with Crippen molar-refractivity contribution in [3.63, 3.8) is 0 Å². The van der Waals surface area contributed by atoms with Crippen molar-refractivity contribution in [2.24, 2.45) is 5.73 Å². The van der Waals surface area contributed by atoms with Crippen molar-refractivity contribution in [3.8, 4) is 0 Å². The number of hydrogen-bond donors (Lipinski definition) is 2. The van der Waals surface area contributed by atoms with Gasteiger partial charge in [-0.2, -0.15) is 0 Å². The molecule has 94 valence electrons. The summed E-state index contributed by atoms with van der Waals surface area (Å²) in [7, 11) is 0. The Balaban J connectivity index is 2.12. The normalized spacial score (nSPS) is 19.6. The molecule has 1 aliphatic carbocycles. The highest BCUT2D eigenvalue weighted by Crippen LogP contribution is 2.30. The molecule has 17 heavy (non-hydrogen) atoms. The molecule has 1 fully saturated rings. The molecule has 3 heteroatoms. The number of benzene rings is 1. The quantitative estimate of drug-likeness (QED) is 0.790. The summed E-state index contributed by atoms with van der Waals surface area (Å²) in [5, 5.41) is 3.46. The van der Waals surface area contributed by atoms with Crippen LogP contribution in [0.5, 0.6) is 0 Å². The van der Waals surface area contributed by atoms with E-state index in [1.165, 1.54) is 31.7 Å². The second-order valence-corrected chi connectivity index (χ2v) is 5.03. The first kappa shape index (κ1) is 12.4. The summed E-state index contributed by atoms with van der Waals surface area (Å²) < 4.78 is 13.2. The van der Waals surface area contributed by atoms with Crippen LogP contribution in [0, 0.1) is 5.82 Å². The molecule has 0 aliphatic heterocycles. The van der Waals surface area contributed by atoms with E-state index in [9.17, 15) is 4.39 Å². The van der Waals surface area contributed by atoms with Gasteiger partial charge in [-0.1, -0.05) is 31.7 Å². The third kappa shape index (κ3) is 3.19. The zero-order valence-corrected chi connectivity index (χ0v) is 10.2. The van der Waals surface area contributed by atoms with Crippen molar-refractivity contribution in [3.05, 3.63) is 30.1 Å². The Hall–Kier alpha value is -1.09. The van der Waals surface area contributed by atoms with E-state index in [-0.39, 0.29) is 11.4 Å². The second-order valence-electron chi connectivity index (χ2n) is 5.03. The van der Waals surface area contributed by atoms with Gasteiger partial charge in [0, 0.05) is 17.8 Å². The second kappa shape index (κ2) is 5.50. The average molecular weight is 236 g/mol. The Morgan fingerprint density at radius 3 is 2.47 bits per heavy atom. The van der Waals surface area contributed by atoms with Gasteiger partial charge in [0.25, 0.3) is 0 Å². The van der Waals surface area contributed by atoms with Crippen molar-refractivity contribution in [1.82, 2.24) is 0 Å². The van der Waals surface area contributed by atoms with Crippen LogP contribution in [-0.4, -0.2) is 12.1 Å². The molecule has 0 atom stereocenters. The predicted octanol–water partition coefficient (Wildman–Crippen LogP) is 3.29. The third-order valence-electron chi connectivity index (χ3n) is 3.69. The lowest BCUT2D eigenvalue weighted by Gasteiger charge is -2.33. The predicted molar refractivity (Wildman–Crippen MR) is 69.5 cm³/mol. The summed E-state index contributed by atoms with van der Waals surface area (Å²) in [4.78, 5) is 0. The van der Waals surface area contributed by atoms with Gasteiger partial charge >= 0.3 is 0 Å². The molecule has 3 N–H and O–H groups in total. The largest absolute Gasteiger partial charge is 0.378 e. The smallest absolute Gasteiger partial charge is 0.125 e. The lowest BCUT2D eigenvalue weighted by molar-refractivity contribution is 0.417. The van der Waals surface area contributed by atoms with Gasteiger partial charge in [-0.3, -0.25) is 0 Å². The molecular weight excluding hydrogens is 215 g/mol. The van der Waals surface area contributed by atoms with Gasteiger partial charge in [0.15, 0.2) is 0 Å². The zero-order chi connectivity index (χ0) is 12.1. The fraction of sp³-hybridized carbons (Fsp3) is 0.571. The molecular formula is C14H21FN2. The van der Waals surface area contributed by atoms with Crippen molar-refractivity contribution >= 4 is 5.69 Å². The Labute approximate surface area is 102 Å². The van der Waals surface area contributed by atoms with Crippen LogP contribution < -0.4 is 11.1 Å². The minimum absolute atomic E-state index is 0.0374. The highest BCUT2D eigenvalue weighted by Gasteiger charge is 2.29. The molecule has 0 bridgehead atoms. The number of halogens is 1. The first-order chi connectivity index (χ1) is 8.24. The van der Waals surface area contributed by atoms with Gasteiger partial charge in [-0.15, -0.1) is 0 Å². The van der Waals surface area contributed by atoms with Gasteiger partial charge in [0.2, 0.25) is 0 Å². The first-order valence-electron chi connectivity index (χ1n) is 6.48. The molecule has 0 unspecified atom stereocenters. The molecule has 0 spiro atoms. The molecule has 2 nitrogen and oxygen atoms in total. The van der Waals surface area contributed by atoms with E-state index in [0.717, 1.165) is 18.5 Å². The molecule has 0 amide bonds. The monoisotopic (exact) mass is 236 g/mol. The number of anilines is 1. The van der Waals surface area contributed by atoms with Crippen molar-refractivity contribution in [2.45, 2.75) is 44.1 Å². The fourth-order valence-electron chi connectivity index (χ4n) is 2.66. The first-order valence-corrected chi connectivity index (χ1v) is 6.48. The van der Waals surface area contributed by atoms with Crippen LogP contribution in [-0.2, 0) is 0 Å². The number of nitrogens with two attached hydrogens (primary N) is 1. The van der Waals surface area contributed by atoms with E-state index < -0.39 is 0 Å². The van der Waals surface area contributed by atoms with Crippen molar-refractivity contribution in [2.75, 3.05) is 11.9 Å². The standard InChI is InChI=1S/C14H21FN2/c15-12-6-5-7-13(10-12)17-14(11-16)8-3-1-2-4-9-14/h5-7,10,17H,1-4,8-9,11,16H2. The summed E-state index contributed by atoms with van der Waals surface area (Å²) in [6, 6.07) is 6.65. The van der Waals surface area contributed by atoms with Crippen LogP contribution in [0.15, 0.2) is 24.3 Å². The van der Waals surface area contributed by atoms with Gasteiger partial charge in [0.05, 0.1) is 0 Å². The van der Waals surface area contributed by atoms with Crippen molar-refractivity contribution in [1.29, 1.82) is 0 Å². The van der Waals surface area contributed by atoms with Crippen LogP contribution in [0.4, 0.5) is 10.1 Å². The van der Waals surface area contributed by atoms with Gasteiger partial charge in [-0.25, -0.2) is 4.39 Å². The molecule has 1 aromatic rings. The van der Waals surface area contributed by atoms with Crippen LogP contribution >= 0.6 is 0 Å². The average Bonchev–Trinajstić information content (AvgIpc) is 2.55. The molecule has 1 aromatic carbocycles. The summed E-state index contributed by atoms with van der Waals surface area (Å²) >= 11 is 0. The highest BCUT2D eigenvalue weighted by atomic mass is 19.1. The Morgan fingerprint density at radius 2 is 1.88 bits per heavy atom. The van der Waals surface area contributed by atoms with Gasteiger partial charge in [0.1, 0.15) is 5.82 Å². The van der Waals surface area contributed by atoms with E-state index in [1.54, 1.807) is 12.1 Å². The molecule has 1 saturated carbocycles. The molecule has 0 saturated heterocycles. The fourth-order valence-corrected chi connectivity index (χ4v) is 2.66. The van der Waals surface area contributed by atoms with E-state index in [4.69, 9.17) is 5.73 Å². The molecule has 0 heterocycles. The zero-order valence-electron chi connectivity index (χ0n) is 10.2. The maximum absolute atomic E-state index is 13.2. The summed E-state index contributed by atoms with van der Waals surface area (Å²) in [5.74, 6) is -0.198. The highest BCUT2D eigenvalue weighted by molar-refractivity contribution is 5.46. The van der Waals surface area contributed by atoms with E-state index in [2.05, 4.69) is 5.32 Å². The molecule has 0 radical (unpaired) electrons. The minimum atomic E-state index is -0.198.